The second-order valence-corrected chi connectivity index (χ2v) is 3.94. The average molecular weight is 220 g/mol. The Hall–Kier alpha value is -0.910. The van der Waals surface area contributed by atoms with Gasteiger partial charge in [-0.15, -0.1) is 0 Å². The van der Waals surface area contributed by atoms with E-state index in [1.165, 1.54) is 7.05 Å². The Labute approximate surface area is 86.3 Å². The minimum atomic E-state index is -1.51. The maximum atomic E-state index is 13.7. The average Bonchev–Trinajstić information content (AvgIpc) is 2.66. The molecule has 1 heterocycles. The number of aliphatic hydroxyl groups is 1. The van der Waals surface area contributed by atoms with Crippen LogP contribution >= 0.6 is 0 Å². The minimum absolute atomic E-state index is 0.263. The van der Waals surface area contributed by atoms with Crippen LogP contribution in [0.1, 0.15) is 6.42 Å². The zero-order valence-electron chi connectivity index (χ0n) is 8.36. The van der Waals surface area contributed by atoms with Crippen molar-refractivity contribution >= 4 is 6.02 Å². The van der Waals surface area contributed by atoms with Crippen LogP contribution in [0.25, 0.3) is 0 Å². The molecule has 4 nitrogen and oxygen atoms in total. The number of hydrogen-bond donors (Lipinski definition) is 2. The molecule has 15 heavy (non-hydrogen) atoms. The molecule has 2 rings (SSSR count). The predicted molar refractivity (Wildman–Crippen MR) is 50.1 cm³/mol. The van der Waals surface area contributed by atoms with Crippen molar-refractivity contribution in [3.8, 4) is 0 Å². The van der Waals surface area contributed by atoms with Crippen LogP contribution in [-0.4, -0.2) is 49.3 Å². The number of ether oxygens (including phenoxy) is 1. The van der Waals surface area contributed by atoms with E-state index in [2.05, 4.69) is 10.3 Å². The van der Waals surface area contributed by atoms with Gasteiger partial charge in [-0.25, -0.2) is 9.38 Å². The number of fused-ring (bicyclic) bond motifs is 1. The number of nitrogens with zero attached hydrogens (tertiary/aromatic N) is 1. The van der Waals surface area contributed by atoms with Crippen molar-refractivity contribution in [1.29, 1.82) is 0 Å². The Balaban J connectivity index is 2.13. The van der Waals surface area contributed by atoms with Crippen LogP contribution in [0.2, 0.25) is 0 Å². The van der Waals surface area contributed by atoms with Crippen LogP contribution in [0, 0.1) is 5.92 Å². The van der Waals surface area contributed by atoms with Gasteiger partial charge in [-0.2, -0.15) is 0 Å². The van der Waals surface area contributed by atoms with Crippen LogP contribution < -0.4 is 5.32 Å². The van der Waals surface area contributed by atoms with Crippen molar-refractivity contribution < 1.29 is 18.6 Å². The second kappa shape index (κ2) is 3.92. The summed E-state index contributed by atoms with van der Waals surface area (Å²) < 4.78 is 31.5. The van der Waals surface area contributed by atoms with Crippen LogP contribution in [-0.2, 0) is 4.74 Å². The van der Waals surface area contributed by atoms with Gasteiger partial charge in [0.2, 0.25) is 0 Å². The smallest absolute Gasteiger partial charge is 0.285 e. The SMILES string of the molecule is CN=C1NC2C(CC(CF)C(O)C2F)O1. The normalized spacial score (nSPS) is 47.2. The van der Waals surface area contributed by atoms with Crippen molar-refractivity contribution in [1.82, 2.24) is 5.32 Å². The van der Waals surface area contributed by atoms with Gasteiger partial charge in [0.25, 0.3) is 6.02 Å². The molecule has 2 aliphatic rings. The van der Waals surface area contributed by atoms with E-state index < -0.39 is 37.0 Å². The van der Waals surface area contributed by atoms with E-state index in [1.807, 2.05) is 0 Å². The van der Waals surface area contributed by atoms with Crippen molar-refractivity contribution in [2.75, 3.05) is 13.7 Å². The fourth-order valence-corrected chi connectivity index (χ4v) is 2.15. The molecule has 1 saturated heterocycles. The number of alkyl halides is 2. The maximum absolute atomic E-state index is 13.7. The van der Waals surface area contributed by atoms with Crippen LogP contribution in [0.5, 0.6) is 0 Å². The fraction of sp³-hybridized carbons (Fsp3) is 0.889. The summed E-state index contributed by atoms with van der Waals surface area (Å²) in [5.41, 5.74) is 0. The Morgan fingerprint density at radius 1 is 1.67 bits per heavy atom. The van der Waals surface area contributed by atoms with E-state index in [9.17, 15) is 13.9 Å². The molecule has 0 aromatic rings. The molecule has 0 spiro atoms. The van der Waals surface area contributed by atoms with Crippen LogP contribution in [0.3, 0.4) is 0 Å². The van der Waals surface area contributed by atoms with E-state index in [0.29, 0.717) is 6.42 Å². The molecule has 5 atom stereocenters. The van der Waals surface area contributed by atoms with Gasteiger partial charge in [0.05, 0.1) is 12.8 Å². The Bertz CT molecular complexity index is 275. The minimum Gasteiger partial charge on any atom is -0.460 e. The molecule has 0 bridgehead atoms. The highest BCUT2D eigenvalue weighted by Gasteiger charge is 2.49. The summed E-state index contributed by atoms with van der Waals surface area (Å²) in [5, 5.41) is 12.2. The summed E-state index contributed by atoms with van der Waals surface area (Å²) >= 11 is 0. The van der Waals surface area contributed by atoms with Gasteiger partial charge in [-0.1, -0.05) is 0 Å². The molecule has 0 amide bonds. The van der Waals surface area contributed by atoms with Crippen LogP contribution in [0.4, 0.5) is 8.78 Å². The third-order valence-electron chi connectivity index (χ3n) is 3.04. The van der Waals surface area contributed by atoms with Crippen molar-refractivity contribution in [3.05, 3.63) is 0 Å². The summed E-state index contributed by atoms with van der Waals surface area (Å²) in [6.07, 6.45) is -2.88. The number of amidine groups is 1. The van der Waals surface area contributed by atoms with E-state index in [4.69, 9.17) is 4.74 Å². The Morgan fingerprint density at radius 2 is 2.40 bits per heavy atom. The maximum Gasteiger partial charge on any atom is 0.285 e. The number of halogens is 2. The predicted octanol–water partition coefficient (Wildman–Crippen LogP) is 0.0176. The monoisotopic (exact) mass is 220 g/mol. The largest absolute Gasteiger partial charge is 0.460 e. The summed E-state index contributed by atoms with van der Waals surface area (Å²) in [5.74, 6) is -0.681. The molecule has 0 radical (unpaired) electrons. The van der Waals surface area contributed by atoms with Crippen LogP contribution in [0.15, 0.2) is 4.99 Å². The molecule has 2 N–H and O–H groups in total. The number of nitrogens with one attached hydrogen (secondary N) is 1. The van der Waals surface area contributed by atoms with Gasteiger partial charge in [0, 0.05) is 13.0 Å². The third-order valence-corrected chi connectivity index (χ3v) is 3.04. The van der Waals surface area contributed by atoms with Crippen molar-refractivity contribution in [3.63, 3.8) is 0 Å². The third kappa shape index (κ3) is 1.67. The highest BCUT2D eigenvalue weighted by Crippen LogP contribution is 2.32. The molecule has 86 valence electrons. The lowest BCUT2D eigenvalue weighted by Gasteiger charge is -2.35. The van der Waals surface area contributed by atoms with Gasteiger partial charge in [0.1, 0.15) is 18.3 Å². The van der Waals surface area contributed by atoms with Gasteiger partial charge in [-0.05, 0) is 6.42 Å². The Morgan fingerprint density at radius 3 is 3.00 bits per heavy atom. The molecular formula is C9H14F2N2O2. The fourth-order valence-electron chi connectivity index (χ4n) is 2.15. The van der Waals surface area contributed by atoms with Gasteiger partial charge in [-0.3, -0.25) is 4.39 Å². The summed E-state index contributed by atoms with van der Waals surface area (Å²) in [6.45, 7) is -0.729. The lowest BCUT2D eigenvalue weighted by molar-refractivity contribution is -0.0537. The lowest BCUT2D eigenvalue weighted by atomic mass is 9.81. The molecule has 2 fully saturated rings. The topological polar surface area (TPSA) is 53.9 Å². The molecule has 1 saturated carbocycles. The highest BCUT2D eigenvalue weighted by atomic mass is 19.1. The lowest BCUT2D eigenvalue weighted by Crippen LogP contribution is -2.54. The molecule has 6 heteroatoms. The molecule has 1 aliphatic carbocycles. The molecule has 0 aromatic heterocycles. The number of aliphatic hydroxyl groups excluding tert-OH is 1. The van der Waals surface area contributed by atoms with Gasteiger partial charge < -0.3 is 15.2 Å². The van der Waals surface area contributed by atoms with Gasteiger partial charge in [0.15, 0.2) is 0 Å². The number of aliphatic imine (C=N–C) groups is 1. The zero-order chi connectivity index (χ0) is 11.0. The zero-order valence-corrected chi connectivity index (χ0v) is 8.36. The summed E-state index contributed by atoms with van der Waals surface area (Å²) in [6, 6.07) is -0.346. The Kier molecular flexibility index (Phi) is 2.77. The van der Waals surface area contributed by atoms with E-state index in [0.717, 1.165) is 0 Å². The first kappa shape index (κ1) is 10.6. The van der Waals surface area contributed by atoms with E-state index >= 15 is 0 Å². The number of rotatable bonds is 1. The van der Waals surface area contributed by atoms with Gasteiger partial charge >= 0.3 is 0 Å². The molecular weight excluding hydrogens is 206 g/mol. The first-order valence-electron chi connectivity index (χ1n) is 4.95. The standard InChI is InChI=1S/C9H14F2N2O2/c1-12-9-13-7-5(15-9)2-4(3-10)8(14)6(7)11/h4-8,14H,2-3H2,1H3,(H,12,13). The quantitative estimate of drug-likeness (QED) is 0.655. The second-order valence-electron chi connectivity index (χ2n) is 3.94. The molecule has 1 aliphatic heterocycles. The highest BCUT2D eigenvalue weighted by molar-refractivity contribution is 5.76. The summed E-state index contributed by atoms with van der Waals surface area (Å²) in [7, 11) is 1.52. The first-order chi connectivity index (χ1) is 7.17. The molecule has 0 aromatic carbocycles. The summed E-state index contributed by atoms with van der Waals surface area (Å²) in [4.78, 5) is 3.76. The van der Waals surface area contributed by atoms with E-state index in [1.54, 1.807) is 0 Å². The first-order valence-corrected chi connectivity index (χ1v) is 4.95. The molecule has 5 unspecified atom stereocenters. The van der Waals surface area contributed by atoms with Crippen molar-refractivity contribution in [2.45, 2.75) is 30.8 Å². The van der Waals surface area contributed by atoms with Crippen molar-refractivity contribution in [2.24, 2.45) is 10.9 Å². The number of hydrogen-bond acceptors (Lipinski definition) is 3. The van der Waals surface area contributed by atoms with E-state index in [-0.39, 0.29) is 6.02 Å².